The van der Waals surface area contributed by atoms with Gasteiger partial charge in [0.25, 0.3) is 0 Å². The summed E-state index contributed by atoms with van der Waals surface area (Å²) in [6, 6.07) is 0. The minimum absolute atomic E-state index is 0.156. The van der Waals surface area contributed by atoms with Crippen LogP contribution < -0.4 is 0 Å². The number of hydrogen-bond acceptors (Lipinski definition) is 4. The predicted octanol–water partition coefficient (Wildman–Crippen LogP) is 2.08. The van der Waals surface area contributed by atoms with Gasteiger partial charge in [-0.3, -0.25) is 0 Å². The molecule has 1 aliphatic rings. The highest BCUT2D eigenvalue weighted by Crippen LogP contribution is 2.54. The molecule has 0 aromatic rings. The first-order valence-electron chi connectivity index (χ1n) is 5.92. The lowest BCUT2D eigenvalue weighted by molar-refractivity contribution is -0.146. The zero-order chi connectivity index (χ0) is 12.2. The third-order valence-corrected chi connectivity index (χ3v) is 3.48. The molecular weight excluding hydrogens is 206 g/mol. The second-order valence-corrected chi connectivity index (χ2v) is 4.24. The zero-order valence-corrected chi connectivity index (χ0v) is 10.2. The smallest absolute Gasteiger partial charge is 0.335 e. The van der Waals surface area contributed by atoms with E-state index in [2.05, 4.69) is 18.8 Å². The lowest BCUT2D eigenvalue weighted by Crippen LogP contribution is -2.27. The Hall–Kier alpha value is -1.15. The van der Waals surface area contributed by atoms with E-state index in [0.29, 0.717) is 18.9 Å². The quantitative estimate of drug-likeness (QED) is 0.395. The van der Waals surface area contributed by atoms with Crippen LogP contribution in [0.15, 0.2) is 4.99 Å². The van der Waals surface area contributed by atoms with Crippen LogP contribution in [-0.4, -0.2) is 24.2 Å². The number of esters is 1. The molecule has 0 aliphatic heterocycles. The summed E-state index contributed by atoms with van der Waals surface area (Å²) in [5.74, 6) is 0.222. The highest BCUT2D eigenvalue weighted by Gasteiger charge is 2.64. The lowest BCUT2D eigenvalue weighted by Gasteiger charge is -2.15. The van der Waals surface area contributed by atoms with Crippen molar-refractivity contribution in [2.45, 2.75) is 45.6 Å². The summed E-state index contributed by atoms with van der Waals surface area (Å²) in [6.07, 6.45) is 4.14. The Labute approximate surface area is 96.1 Å². The minimum Gasteiger partial charge on any atom is -0.464 e. The molecule has 0 N–H and O–H groups in total. The number of carbonyl (C=O) groups is 1. The Balaban J connectivity index is 2.80. The number of rotatable bonds is 6. The van der Waals surface area contributed by atoms with Crippen molar-refractivity contribution >= 4 is 12.0 Å². The molecule has 0 bridgehead atoms. The van der Waals surface area contributed by atoms with Gasteiger partial charge < -0.3 is 4.74 Å². The Morgan fingerprint density at radius 3 is 2.56 bits per heavy atom. The number of isocyanates is 1. The van der Waals surface area contributed by atoms with Gasteiger partial charge in [-0.05, 0) is 19.3 Å². The second-order valence-electron chi connectivity index (χ2n) is 4.24. The lowest BCUT2D eigenvalue weighted by atomic mass is 9.94. The van der Waals surface area contributed by atoms with Gasteiger partial charge in [0.15, 0.2) is 5.54 Å². The van der Waals surface area contributed by atoms with Crippen molar-refractivity contribution in [1.29, 1.82) is 0 Å². The van der Waals surface area contributed by atoms with Crippen LogP contribution in [0, 0.1) is 11.8 Å². The molecular formula is C12H19NO3. The Bertz CT molecular complexity index is 305. The van der Waals surface area contributed by atoms with E-state index < -0.39 is 5.54 Å². The zero-order valence-electron chi connectivity index (χ0n) is 10.2. The summed E-state index contributed by atoms with van der Waals surface area (Å²) in [5, 5.41) is 0. The first kappa shape index (κ1) is 12.9. The van der Waals surface area contributed by atoms with E-state index in [1.807, 2.05) is 0 Å². The molecule has 0 aromatic heterocycles. The molecule has 0 spiro atoms. The van der Waals surface area contributed by atoms with Gasteiger partial charge in [0.05, 0.1) is 6.61 Å². The molecule has 0 heterocycles. The summed E-state index contributed by atoms with van der Waals surface area (Å²) in [7, 11) is 0. The number of hydrogen-bond donors (Lipinski definition) is 0. The van der Waals surface area contributed by atoms with E-state index >= 15 is 0 Å². The van der Waals surface area contributed by atoms with Crippen LogP contribution in [0.25, 0.3) is 0 Å². The van der Waals surface area contributed by atoms with Gasteiger partial charge >= 0.3 is 5.97 Å². The van der Waals surface area contributed by atoms with E-state index in [1.54, 1.807) is 6.92 Å². The molecule has 16 heavy (non-hydrogen) atoms. The van der Waals surface area contributed by atoms with Gasteiger partial charge in [0.2, 0.25) is 6.08 Å². The maximum Gasteiger partial charge on any atom is 0.335 e. The fourth-order valence-corrected chi connectivity index (χ4v) is 2.44. The van der Waals surface area contributed by atoms with Crippen molar-refractivity contribution in [3.8, 4) is 0 Å². The van der Waals surface area contributed by atoms with Crippen LogP contribution in [0.5, 0.6) is 0 Å². The number of nitrogens with zero attached hydrogens (tertiary/aromatic N) is 1. The van der Waals surface area contributed by atoms with E-state index in [0.717, 1.165) is 12.8 Å². The monoisotopic (exact) mass is 225 g/mol. The third-order valence-electron chi connectivity index (χ3n) is 3.48. The summed E-state index contributed by atoms with van der Waals surface area (Å²) in [5.41, 5.74) is -0.908. The van der Waals surface area contributed by atoms with Crippen LogP contribution in [0.4, 0.5) is 0 Å². The third kappa shape index (κ3) is 2.17. The standard InChI is InChI=1S/C12H19NO3/c1-4-9(5-2)10-7-12(10,13-8-14)11(15)16-6-3/h9-10H,4-7H2,1-3H3. The van der Waals surface area contributed by atoms with Gasteiger partial charge in [-0.15, -0.1) is 0 Å². The minimum atomic E-state index is -0.908. The molecule has 4 heteroatoms. The van der Waals surface area contributed by atoms with E-state index in [-0.39, 0.29) is 11.9 Å². The normalized spacial score (nSPS) is 27.4. The Kier molecular flexibility index (Phi) is 4.25. The highest BCUT2D eigenvalue weighted by molar-refractivity contribution is 5.86. The molecule has 1 saturated carbocycles. The Morgan fingerprint density at radius 1 is 1.50 bits per heavy atom. The van der Waals surface area contributed by atoms with Gasteiger partial charge in [0.1, 0.15) is 0 Å². The molecule has 2 unspecified atom stereocenters. The summed E-state index contributed by atoms with van der Waals surface area (Å²) >= 11 is 0. The molecule has 1 fully saturated rings. The molecule has 0 amide bonds. The van der Waals surface area contributed by atoms with Crippen molar-refractivity contribution in [2.24, 2.45) is 16.8 Å². The average Bonchev–Trinajstić information content (AvgIpc) is 2.97. The second kappa shape index (κ2) is 5.26. The van der Waals surface area contributed by atoms with E-state index in [4.69, 9.17) is 4.74 Å². The maximum atomic E-state index is 11.8. The van der Waals surface area contributed by atoms with Crippen molar-refractivity contribution in [3.05, 3.63) is 0 Å². The van der Waals surface area contributed by atoms with Gasteiger partial charge in [0, 0.05) is 5.92 Å². The summed E-state index contributed by atoms with van der Waals surface area (Å²) in [6.45, 7) is 6.26. The summed E-state index contributed by atoms with van der Waals surface area (Å²) in [4.78, 5) is 25.9. The van der Waals surface area contributed by atoms with Crippen LogP contribution in [0.2, 0.25) is 0 Å². The molecule has 0 radical (unpaired) electrons. The molecule has 90 valence electrons. The number of aliphatic imine (C=N–C) groups is 1. The van der Waals surface area contributed by atoms with Gasteiger partial charge in [-0.2, -0.15) is 4.99 Å². The fraction of sp³-hybridized carbons (Fsp3) is 0.833. The number of ether oxygens (including phenoxy) is 1. The largest absolute Gasteiger partial charge is 0.464 e. The molecule has 0 saturated heterocycles. The first-order chi connectivity index (χ1) is 7.66. The maximum absolute atomic E-state index is 11.8. The summed E-state index contributed by atoms with van der Waals surface area (Å²) < 4.78 is 4.98. The molecule has 2 atom stereocenters. The number of carbonyl (C=O) groups excluding carboxylic acids is 2. The van der Waals surface area contributed by atoms with Crippen LogP contribution in [-0.2, 0) is 14.3 Å². The molecule has 1 aliphatic carbocycles. The molecule has 4 nitrogen and oxygen atoms in total. The van der Waals surface area contributed by atoms with Crippen LogP contribution >= 0.6 is 0 Å². The van der Waals surface area contributed by atoms with Gasteiger partial charge in [-0.25, -0.2) is 9.59 Å². The van der Waals surface area contributed by atoms with Crippen LogP contribution in [0.3, 0.4) is 0 Å². The predicted molar refractivity (Wildman–Crippen MR) is 59.7 cm³/mol. The topological polar surface area (TPSA) is 55.7 Å². The SMILES string of the molecule is CCOC(=O)C1(N=C=O)CC1C(CC)CC. The molecule has 0 aromatic carbocycles. The van der Waals surface area contributed by atoms with Crippen molar-refractivity contribution < 1.29 is 14.3 Å². The highest BCUT2D eigenvalue weighted by atomic mass is 16.5. The van der Waals surface area contributed by atoms with Crippen LogP contribution in [0.1, 0.15) is 40.0 Å². The molecule has 1 rings (SSSR count). The first-order valence-corrected chi connectivity index (χ1v) is 5.92. The average molecular weight is 225 g/mol. The van der Waals surface area contributed by atoms with Crippen molar-refractivity contribution in [1.82, 2.24) is 0 Å². The Morgan fingerprint density at radius 2 is 2.12 bits per heavy atom. The fourth-order valence-electron chi connectivity index (χ4n) is 2.44. The van der Waals surface area contributed by atoms with E-state index in [9.17, 15) is 9.59 Å². The van der Waals surface area contributed by atoms with E-state index in [1.165, 1.54) is 6.08 Å². The van der Waals surface area contributed by atoms with Crippen molar-refractivity contribution in [2.75, 3.05) is 6.61 Å². The van der Waals surface area contributed by atoms with Gasteiger partial charge in [-0.1, -0.05) is 26.7 Å². The van der Waals surface area contributed by atoms with Crippen molar-refractivity contribution in [3.63, 3.8) is 0 Å².